The minimum atomic E-state index is -1.05. The molecule has 6 heteroatoms. The number of hydrogen-bond acceptors (Lipinski definition) is 4. The number of thiophene rings is 1. The molecule has 5 nitrogen and oxygen atoms in total. The zero-order chi connectivity index (χ0) is 15.5. The normalized spacial score (nSPS) is 17.3. The fourth-order valence-corrected chi connectivity index (χ4v) is 3.09. The molecule has 0 saturated heterocycles. The van der Waals surface area contributed by atoms with Gasteiger partial charge < -0.3 is 15.7 Å². The summed E-state index contributed by atoms with van der Waals surface area (Å²) in [6.45, 7) is 4.46. The van der Waals surface area contributed by atoms with Crippen molar-refractivity contribution >= 4 is 23.2 Å². The molecular formula is C15H22N2O3S. The van der Waals surface area contributed by atoms with Gasteiger partial charge in [-0.2, -0.15) is 0 Å². The molecule has 1 saturated carbocycles. The zero-order valence-corrected chi connectivity index (χ0v) is 13.2. The van der Waals surface area contributed by atoms with Crippen molar-refractivity contribution in [2.45, 2.75) is 32.3 Å². The first-order valence-electron chi connectivity index (χ1n) is 7.26. The third-order valence-corrected chi connectivity index (χ3v) is 4.63. The van der Waals surface area contributed by atoms with E-state index >= 15 is 0 Å². The van der Waals surface area contributed by atoms with Crippen LogP contribution in [0.1, 0.15) is 31.6 Å². The van der Waals surface area contributed by atoms with E-state index in [9.17, 15) is 14.7 Å². The van der Waals surface area contributed by atoms with Crippen LogP contribution in [0.5, 0.6) is 0 Å². The Morgan fingerprint density at radius 2 is 2.05 bits per heavy atom. The third kappa shape index (κ3) is 4.04. The highest BCUT2D eigenvalue weighted by Crippen LogP contribution is 2.46. The molecule has 0 aliphatic heterocycles. The van der Waals surface area contributed by atoms with E-state index in [1.165, 1.54) is 11.3 Å². The van der Waals surface area contributed by atoms with Gasteiger partial charge in [-0.1, -0.05) is 19.9 Å². The first-order chi connectivity index (χ1) is 9.93. The lowest BCUT2D eigenvalue weighted by Crippen LogP contribution is -2.47. The highest BCUT2D eigenvalue weighted by molar-refractivity contribution is 7.10. The second-order valence-electron chi connectivity index (χ2n) is 5.96. The van der Waals surface area contributed by atoms with E-state index < -0.39 is 17.4 Å². The van der Waals surface area contributed by atoms with Crippen molar-refractivity contribution in [2.24, 2.45) is 11.8 Å². The SMILES string of the molecule is CC(C)CNC(=O)C(=O)NCC(O)(c1cccs1)C1CC1. The molecule has 1 aliphatic rings. The van der Waals surface area contributed by atoms with Gasteiger partial charge in [0.1, 0.15) is 5.60 Å². The second-order valence-corrected chi connectivity index (χ2v) is 6.91. The topological polar surface area (TPSA) is 78.4 Å². The monoisotopic (exact) mass is 310 g/mol. The predicted molar refractivity (Wildman–Crippen MR) is 81.8 cm³/mol. The molecule has 1 aromatic rings. The van der Waals surface area contributed by atoms with E-state index in [-0.39, 0.29) is 18.4 Å². The Hall–Kier alpha value is -1.40. The first-order valence-corrected chi connectivity index (χ1v) is 8.14. The molecule has 1 atom stereocenters. The quantitative estimate of drug-likeness (QED) is 0.692. The van der Waals surface area contributed by atoms with Crippen molar-refractivity contribution in [3.63, 3.8) is 0 Å². The van der Waals surface area contributed by atoms with Crippen molar-refractivity contribution in [1.29, 1.82) is 0 Å². The summed E-state index contributed by atoms with van der Waals surface area (Å²) in [7, 11) is 0. The molecule has 1 aliphatic carbocycles. The van der Waals surface area contributed by atoms with E-state index in [4.69, 9.17) is 0 Å². The van der Waals surface area contributed by atoms with Crippen LogP contribution in [0.15, 0.2) is 17.5 Å². The van der Waals surface area contributed by atoms with Crippen LogP contribution in [0.25, 0.3) is 0 Å². The molecule has 0 bridgehead atoms. The Balaban J connectivity index is 1.91. The minimum Gasteiger partial charge on any atom is -0.382 e. The van der Waals surface area contributed by atoms with Gasteiger partial charge in [0.25, 0.3) is 0 Å². The molecule has 0 spiro atoms. The highest BCUT2D eigenvalue weighted by atomic mass is 32.1. The third-order valence-electron chi connectivity index (χ3n) is 3.60. The number of carbonyl (C=O) groups excluding carboxylic acids is 2. The van der Waals surface area contributed by atoms with Gasteiger partial charge in [-0.3, -0.25) is 9.59 Å². The van der Waals surface area contributed by atoms with Crippen LogP contribution in [0.4, 0.5) is 0 Å². The lowest BCUT2D eigenvalue weighted by atomic mass is 9.95. The number of carbonyl (C=O) groups is 2. The molecule has 2 rings (SSSR count). The number of aliphatic hydroxyl groups is 1. The molecule has 2 amide bonds. The van der Waals surface area contributed by atoms with Gasteiger partial charge in [0.05, 0.1) is 6.54 Å². The smallest absolute Gasteiger partial charge is 0.309 e. The van der Waals surface area contributed by atoms with E-state index in [0.29, 0.717) is 6.54 Å². The summed E-state index contributed by atoms with van der Waals surface area (Å²) in [6.07, 6.45) is 1.90. The molecule has 116 valence electrons. The average Bonchev–Trinajstić information content (AvgIpc) is 3.17. The van der Waals surface area contributed by atoms with Gasteiger partial charge in [0.2, 0.25) is 0 Å². The molecule has 0 aromatic carbocycles. The fourth-order valence-electron chi connectivity index (χ4n) is 2.19. The van der Waals surface area contributed by atoms with Gasteiger partial charge in [-0.05, 0) is 36.1 Å². The van der Waals surface area contributed by atoms with E-state index in [2.05, 4.69) is 10.6 Å². The molecule has 0 radical (unpaired) electrons. The van der Waals surface area contributed by atoms with Crippen molar-refractivity contribution in [1.82, 2.24) is 10.6 Å². The van der Waals surface area contributed by atoms with E-state index in [1.54, 1.807) is 0 Å². The minimum absolute atomic E-state index is 0.0755. The lowest BCUT2D eigenvalue weighted by Gasteiger charge is -2.27. The van der Waals surface area contributed by atoms with Crippen LogP contribution in [-0.4, -0.2) is 30.0 Å². The molecule has 1 fully saturated rings. The molecule has 1 unspecified atom stereocenters. The second kappa shape index (κ2) is 6.58. The first kappa shape index (κ1) is 16.0. The van der Waals surface area contributed by atoms with Gasteiger partial charge in [0.15, 0.2) is 0 Å². The molecular weight excluding hydrogens is 288 g/mol. The number of amides is 2. The maximum Gasteiger partial charge on any atom is 0.309 e. The standard InChI is InChI=1S/C15H22N2O3S/c1-10(2)8-16-13(18)14(19)17-9-15(20,11-5-6-11)12-4-3-7-21-12/h3-4,7,10-11,20H,5-6,8-9H2,1-2H3,(H,16,18)(H,17,19). The Morgan fingerprint density at radius 1 is 1.38 bits per heavy atom. The summed E-state index contributed by atoms with van der Waals surface area (Å²) >= 11 is 1.47. The van der Waals surface area contributed by atoms with Gasteiger partial charge in [-0.25, -0.2) is 0 Å². The van der Waals surface area contributed by atoms with Crippen molar-refractivity contribution in [2.75, 3.05) is 13.1 Å². The summed E-state index contributed by atoms with van der Waals surface area (Å²) in [5, 5.41) is 17.9. The summed E-state index contributed by atoms with van der Waals surface area (Å²) in [5.74, 6) is -0.884. The summed E-state index contributed by atoms with van der Waals surface area (Å²) in [6, 6.07) is 3.75. The number of rotatable bonds is 6. The Labute approximate surface area is 128 Å². The van der Waals surface area contributed by atoms with Gasteiger partial charge >= 0.3 is 11.8 Å². The van der Waals surface area contributed by atoms with E-state index in [0.717, 1.165) is 17.7 Å². The van der Waals surface area contributed by atoms with Crippen LogP contribution in [0.3, 0.4) is 0 Å². The lowest BCUT2D eigenvalue weighted by molar-refractivity contribution is -0.140. The Morgan fingerprint density at radius 3 is 2.57 bits per heavy atom. The Kier molecular flexibility index (Phi) is 5.00. The zero-order valence-electron chi connectivity index (χ0n) is 12.4. The van der Waals surface area contributed by atoms with Gasteiger partial charge in [0, 0.05) is 11.4 Å². The van der Waals surface area contributed by atoms with Crippen molar-refractivity contribution in [3.05, 3.63) is 22.4 Å². The summed E-state index contributed by atoms with van der Waals surface area (Å²) in [5.41, 5.74) is -1.05. The fraction of sp³-hybridized carbons (Fsp3) is 0.600. The molecule has 21 heavy (non-hydrogen) atoms. The highest BCUT2D eigenvalue weighted by Gasteiger charge is 2.46. The average molecular weight is 310 g/mol. The number of hydrogen-bond donors (Lipinski definition) is 3. The largest absolute Gasteiger partial charge is 0.382 e. The van der Waals surface area contributed by atoms with E-state index in [1.807, 2.05) is 31.4 Å². The predicted octanol–water partition coefficient (Wildman–Crippen LogP) is 1.23. The number of nitrogens with one attached hydrogen (secondary N) is 2. The van der Waals surface area contributed by atoms with Crippen LogP contribution < -0.4 is 10.6 Å². The van der Waals surface area contributed by atoms with Crippen LogP contribution in [0, 0.1) is 11.8 Å². The molecule has 1 aromatic heterocycles. The van der Waals surface area contributed by atoms with Gasteiger partial charge in [-0.15, -0.1) is 11.3 Å². The maximum atomic E-state index is 11.8. The van der Waals surface area contributed by atoms with Crippen LogP contribution >= 0.6 is 11.3 Å². The van der Waals surface area contributed by atoms with Crippen LogP contribution in [0.2, 0.25) is 0 Å². The summed E-state index contributed by atoms with van der Waals surface area (Å²) in [4.78, 5) is 24.3. The maximum absolute atomic E-state index is 11.8. The molecule has 3 N–H and O–H groups in total. The van der Waals surface area contributed by atoms with Crippen molar-refractivity contribution < 1.29 is 14.7 Å². The van der Waals surface area contributed by atoms with Crippen molar-refractivity contribution in [3.8, 4) is 0 Å². The van der Waals surface area contributed by atoms with Crippen LogP contribution in [-0.2, 0) is 15.2 Å². The molecule has 1 heterocycles. The summed E-state index contributed by atoms with van der Waals surface area (Å²) < 4.78 is 0. The Bertz CT molecular complexity index is 497.